The molecule has 2 aliphatic carbocycles. The maximum Gasteiger partial charge on any atom is 0.219 e. The Hall–Kier alpha value is -2.98. The summed E-state index contributed by atoms with van der Waals surface area (Å²) in [7, 11) is 0. The SMILES string of the molecule is CC1C(OCCCCC(=O)CCCCCC(=O)CCOCC(C)(CCCCC(=O)NCCCNC(=O)CCCCOC2CC(CO)C(O)C(O)C2C)COCCC(=O)CCCCCC(=O)CCCCOC2OC(CO)C(O)C(O)C2C)CC(CO)C(O)C1O. The van der Waals surface area contributed by atoms with Gasteiger partial charge in [-0.15, -0.1) is 0 Å². The summed E-state index contributed by atoms with van der Waals surface area (Å²) in [5.41, 5.74) is -0.453. The highest BCUT2D eigenvalue weighted by molar-refractivity contribution is 5.80. The molecule has 23 nitrogen and oxygen atoms in total. The van der Waals surface area contributed by atoms with Crippen LogP contribution in [-0.4, -0.2) is 221 Å². The van der Waals surface area contributed by atoms with Gasteiger partial charge in [0, 0.05) is 145 Å². The van der Waals surface area contributed by atoms with Crippen molar-refractivity contribution in [3.8, 4) is 0 Å². The average molecular weight is 1280 g/mol. The van der Waals surface area contributed by atoms with Gasteiger partial charge in [-0.25, -0.2) is 0 Å². The summed E-state index contributed by atoms with van der Waals surface area (Å²) >= 11 is 0. The molecule has 16 unspecified atom stereocenters. The molecule has 89 heavy (non-hydrogen) atoms. The molecule has 0 spiro atoms. The van der Waals surface area contributed by atoms with E-state index in [0.29, 0.717) is 200 Å². The van der Waals surface area contributed by atoms with Crippen molar-refractivity contribution in [2.75, 3.05) is 79.2 Å². The Kier molecular flexibility index (Phi) is 41.6. The van der Waals surface area contributed by atoms with Gasteiger partial charge >= 0.3 is 0 Å². The molecular weight excluding hydrogens is 1160 g/mol. The number of carbonyl (C=O) groups is 6. The van der Waals surface area contributed by atoms with E-state index in [1.807, 2.05) is 20.8 Å². The van der Waals surface area contributed by atoms with Crippen LogP contribution in [-0.2, 0) is 57.2 Å². The summed E-state index contributed by atoms with van der Waals surface area (Å²) in [6.45, 7) is 9.61. The number of ketones is 4. The second-order valence-corrected chi connectivity index (χ2v) is 26.1. The van der Waals surface area contributed by atoms with Crippen molar-refractivity contribution in [2.24, 2.45) is 35.0 Å². The first-order valence-corrected chi connectivity index (χ1v) is 33.8. The summed E-state index contributed by atoms with van der Waals surface area (Å²) in [4.78, 5) is 75.8. The molecule has 16 atom stereocenters. The third-order valence-corrected chi connectivity index (χ3v) is 18.3. The van der Waals surface area contributed by atoms with E-state index in [2.05, 4.69) is 10.6 Å². The number of unbranched alkanes of at least 4 members (excludes halogenated alkanes) is 8. The Morgan fingerprint density at radius 2 is 0.787 bits per heavy atom. The number of aliphatic hydroxyl groups excluding tert-OH is 9. The quantitative estimate of drug-likeness (QED) is 0.0379. The van der Waals surface area contributed by atoms with Crippen molar-refractivity contribution in [1.29, 1.82) is 0 Å². The largest absolute Gasteiger partial charge is 0.396 e. The van der Waals surface area contributed by atoms with E-state index >= 15 is 0 Å². The molecule has 1 heterocycles. The van der Waals surface area contributed by atoms with Crippen LogP contribution < -0.4 is 10.6 Å². The van der Waals surface area contributed by atoms with Crippen LogP contribution in [0.3, 0.4) is 0 Å². The number of amides is 2. The lowest BCUT2D eigenvalue weighted by atomic mass is 9.77. The Morgan fingerprint density at radius 3 is 1.20 bits per heavy atom. The fourth-order valence-corrected chi connectivity index (χ4v) is 11.9. The maximum absolute atomic E-state index is 12.8. The van der Waals surface area contributed by atoms with E-state index in [9.17, 15) is 74.7 Å². The van der Waals surface area contributed by atoms with E-state index in [1.54, 1.807) is 6.92 Å². The van der Waals surface area contributed by atoms with E-state index in [4.69, 9.17) is 28.4 Å². The molecule has 3 rings (SSSR count). The average Bonchev–Trinajstić information content (AvgIpc) is 3.38. The van der Waals surface area contributed by atoms with Gasteiger partial charge in [-0.05, 0) is 96.3 Å². The molecule has 2 saturated carbocycles. The summed E-state index contributed by atoms with van der Waals surface area (Å²) in [5, 5.41) is 95.5. The van der Waals surface area contributed by atoms with Gasteiger partial charge in [-0.3, -0.25) is 28.8 Å². The molecule has 3 aliphatic rings. The minimum atomic E-state index is -1.19. The Bertz CT molecular complexity index is 1750. The molecule has 0 aromatic rings. The van der Waals surface area contributed by atoms with Gasteiger partial charge in [0.2, 0.25) is 11.8 Å². The summed E-state index contributed by atoms with van der Waals surface area (Å²) < 4.78 is 35.4. The lowest BCUT2D eigenvalue weighted by Crippen LogP contribution is -2.55. The van der Waals surface area contributed by atoms with E-state index in [1.165, 1.54) is 0 Å². The van der Waals surface area contributed by atoms with Crippen LogP contribution in [0.5, 0.6) is 0 Å². The topological polar surface area (TPSA) is 364 Å². The third kappa shape index (κ3) is 32.1. The molecule has 23 heteroatoms. The molecule has 1 aliphatic heterocycles. The fourth-order valence-electron chi connectivity index (χ4n) is 11.9. The first-order chi connectivity index (χ1) is 42.6. The van der Waals surface area contributed by atoms with Gasteiger partial charge in [0.25, 0.3) is 0 Å². The van der Waals surface area contributed by atoms with Crippen LogP contribution >= 0.6 is 0 Å². The third-order valence-electron chi connectivity index (χ3n) is 18.3. The van der Waals surface area contributed by atoms with Gasteiger partial charge in [0.05, 0.1) is 75.8 Å². The van der Waals surface area contributed by atoms with Crippen LogP contribution in [0.2, 0.25) is 0 Å². The molecule has 0 aromatic carbocycles. The van der Waals surface area contributed by atoms with Crippen molar-refractivity contribution in [2.45, 2.75) is 269 Å². The lowest BCUT2D eigenvalue weighted by Gasteiger charge is -2.40. The summed E-state index contributed by atoms with van der Waals surface area (Å²) in [6, 6.07) is 0. The highest BCUT2D eigenvalue weighted by Gasteiger charge is 2.44. The molecule has 1 saturated heterocycles. The zero-order chi connectivity index (χ0) is 65.6. The van der Waals surface area contributed by atoms with Crippen molar-refractivity contribution in [3.63, 3.8) is 0 Å². The second kappa shape index (κ2) is 46.2. The Balaban J connectivity index is 1.29. The molecule has 0 radical (unpaired) electrons. The summed E-state index contributed by atoms with van der Waals surface area (Å²) in [6.07, 6.45) is 7.02. The number of hydrogen-bond acceptors (Lipinski definition) is 21. The molecule has 2 amide bonds. The van der Waals surface area contributed by atoms with Crippen LogP contribution in [0, 0.1) is 35.0 Å². The summed E-state index contributed by atoms with van der Waals surface area (Å²) in [5.74, 6) is -1.55. The standard InChI is InChI=1S/C66H118N2O21/c1-45-54(38-48(40-69)62(81)59(45)78)86-33-16-12-24-50(72)20-7-5-9-22-52(74)28-36-84-43-66(4,30-15-11-26-57(76)67-31-19-32-68-58(77)27-14-18-34-87-55-39-49(41-70)63(82)60(79)46(55)2)44-85-37-29-53(75)23-10-6-8-21-51(73)25-13-17-35-88-65-47(3)61(80)64(83)56(42-71)89-65/h45-49,54-56,59-65,69-71,78-83H,5-44H2,1-4H3,(H,67,76)(H,68,77). The molecule has 518 valence electrons. The normalized spacial score (nSPS) is 27.9. The number of nitrogens with one attached hydrogen (secondary N) is 2. The zero-order valence-electron chi connectivity index (χ0n) is 54.4. The van der Waals surface area contributed by atoms with Gasteiger partial charge in [0.15, 0.2) is 6.29 Å². The van der Waals surface area contributed by atoms with Gasteiger partial charge < -0.3 is 85.0 Å². The van der Waals surface area contributed by atoms with Crippen LogP contribution in [0.25, 0.3) is 0 Å². The highest BCUT2D eigenvalue weighted by Crippen LogP contribution is 2.34. The molecule has 3 fully saturated rings. The van der Waals surface area contributed by atoms with Gasteiger partial charge in [-0.1, -0.05) is 47.0 Å². The Morgan fingerprint density at radius 1 is 0.416 bits per heavy atom. The van der Waals surface area contributed by atoms with Crippen LogP contribution in [0.15, 0.2) is 0 Å². The lowest BCUT2D eigenvalue weighted by molar-refractivity contribution is -0.282. The van der Waals surface area contributed by atoms with Crippen LogP contribution in [0.4, 0.5) is 0 Å². The minimum Gasteiger partial charge on any atom is -0.396 e. The second-order valence-electron chi connectivity index (χ2n) is 26.1. The minimum absolute atomic E-state index is 0.0788. The first-order valence-electron chi connectivity index (χ1n) is 33.8. The number of rotatable bonds is 52. The zero-order valence-corrected chi connectivity index (χ0v) is 54.4. The molecule has 0 aromatic heterocycles. The number of ether oxygens (including phenoxy) is 6. The monoisotopic (exact) mass is 1270 g/mol. The Labute approximate surface area is 529 Å². The fraction of sp³-hybridized carbons (Fsp3) is 0.909. The number of carbonyl (C=O) groups excluding carboxylic acids is 6. The molecular formula is C66H118N2O21. The number of Topliss-reactive ketones (excluding diaryl/α,β-unsaturated/α-hetero) is 4. The number of aliphatic hydroxyl groups is 9. The van der Waals surface area contributed by atoms with Gasteiger partial charge in [0.1, 0.15) is 35.3 Å². The van der Waals surface area contributed by atoms with E-state index < -0.39 is 78.8 Å². The maximum atomic E-state index is 12.8. The van der Waals surface area contributed by atoms with Crippen molar-refractivity contribution in [1.82, 2.24) is 10.6 Å². The van der Waals surface area contributed by atoms with Crippen LogP contribution in [0.1, 0.15) is 207 Å². The molecule has 0 bridgehead atoms. The molecule has 11 N–H and O–H groups in total. The first kappa shape index (κ1) is 80.3. The van der Waals surface area contributed by atoms with Crippen molar-refractivity contribution < 1.29 is 103 Å². The predicted octanol–water partition coefficient (Wildman–Crippen LogP) is 4.28. The van der Waals surface area contributed by atoms with E-state index in [0.717, 1.165) is 12.8 Å². The van der Waals surface area contributed by atoms with Gasteiger partial charge in [-0.2, -0.15) is 0 Å². The predicted molar refractivity (Wildman–Crippen MR) is 331 cm³/mol. The highest BCUT2D eigenvalue weighted by atomic mass is 16.7. The number of hydrogen-bond donors (Lipinski definition) is 11. The smallest absolute Gasteiger partial charge is 0.219 e. The van der Waals surface area contributed by atoms with Crippen molar-refractivity contribution >= 4 is 34.9 Å². The van der Waals surface area contributed by atoms with E-state index in [-0.39, 0.29) is 98.3 Å². The van der Waals surface area contributed by atoms with Crippen molar-refractivity contribution in [3.05, 3.63) is 0 Å².